The molecule has 0 spiro atoms. The molecule has 1 saturated heterocycles. The Kier molecular flexibility index (Phi) is 4.42. The van der Waals surface area contributed by atoms with E-state index < -0.39 is 0 Å². The number of likely N-dealkylation sites (tertiary alicyclic amines) is 1. The van der Waals surface area contributed by atoms with Gasteiger partial charge >= 0.3 is 0 Å². The number of piperidine rings is 1. The van der Waals surface area contributed by atoms with E-state index in [1.165, 1.54) is 0 Å². The summed E-state index contributed by atoms with van der Waals surface area (Å²) in [7, 11) is 0. The predicted octanol–water partition coefficient (Wildman–Crippen LogP) is 3.04. The van der Waals surface area contributed by atoms with Gasteiger partial charge in [-0.05, 0) is 36.8 Å². The third-order valence-electron chi connectivity index (χ3n) is 5.19. The number of fused-ring (bicyclic) bond motifs is 1. The fourth-order valence-electron chi connectivity index (χ4n) is 3.86. The zero-order chi connectivity index (χ0) is 17.2. The highest BCUT2D eigenvalue weighted by Gasteiger charge is 2.30. The molecular weight excluding hydrogens is 318 g/mol. The Morgan fingerprint density at radius 1 is 1.32 bits per heavy atom. The van der Waals surface area contributed by atoms with Crippen molar-refractivity contribution in [2.45, 2.75) is 44.4 Å². The average molecular weight is 341 g/mol. The predicted molar refractivity (Wildman–Crippen MR) is 91.5 cm³/mol. The first-order valence-electron chi connectivity index (χ1n) is 9.00. The number of hydrogen-bond acceptors (Lipinski definition) is 5. The average Bonchev–Trinajstić information content (AvgIpc) is 3.09. The Bertz CT molecular complexity index is 758. The van der Waals surface area contributed by atoms with E-state index in [-0.39, 0.29) is 17.7 Å². The standard InChI is InChI=1S/C19H23N3O3/c1-13-20-19(21-25-13)15-5-4-9-22(12-15)18(23)11-14-8-10-24-17-7-3-2-6-16(14)17/h2-3,6-7,14-15H,4-5,8-12H2,1H3/t14-,15+/m0/s1. The molecule has 2 aliphatic heterocycles. The summed E-state index contributed by atoms with van der Waals surface area (Å²) in [5.74, 6) is 2.86. The molecule has 0 aliphatic carbocycles. The van der Waals surface area contributed by atoms with Gasteiger partial charge in [0.05, 0.1) is 6.61 Å². The van der Waals surface area contributed by atoms with Gasteiger partial charge in [-0.2, -0.15) is 4.98 Å². The van der Waals surface area contributed by atoms with Crippen LogP contribution < -0.4 is 4.74 Å². The lowest BCUT2D eigenvalue weighted by molar-refractivity contribution is -0.133. The number of aryl methyl sites for hydroxylation is 1. The third kappa shape index (κ3) is 3.38. The molecule has 0 unspecified atom stereocenters. The summed E-state index contributed by atoms with van der Waals surface area (Å²) < 4.78 is 10.8. The van der Waals surface area contributed by atoms with Crippen molar-refractivity contribution < 1.29 is 14.1 Å². The highest BCUT2D eigenvalue weighted by molar-refractivity contribution is 5.77. The molecular formula is C19H23N3O3. The van der Waals surface area contributed by atoms with E-state index in [1.807, 2.05) is 23.1 Å². The molecule has 1 fully saturated rings. The van der Waals surface area contributed by atoms with E-state index in [9.17, 15) is 4.79 Å². The number of amides is 1. The van der Waals surface area contributed by atoms with Gasteiger partial charge in [0.15, 0.2) is 5.82 Å². The molecule has 0 saturated carbocycles. The summed E-state index contributed by atoms with van der Waals surface area (Å²) in [5, 5.41) is 4.04. The van der Waals surface area contributed by atoms with E-state index in [1.54, 1.807) is 6.92 Å². The van der Waals surface area contributed by atoms with Crippen LogP contribution in [0.1, 0.15) is 54.8 Å². The van der Waals surface area contributed by atoms with Crippen molar-refractivity contribution in [2.75, 3.05) is 19.7 Å². The Hall–Kier alpha value is -2.37. The molecule has 2 aliphatic rings. The van der Waals surface area contributed by atoms with Crippen molar-refractivity contribution in [3.63, 3.8) is 0 Å². The minimum Gasteiger partial charge on any atom is -0.493 e. The van der Waals surface area contributed by atoms with Gasteiger partial charge in [-0.3, -0.25) is 4.79 Å². The maximum absolute atomic E-state index is 12.9. The SMILES string of the molecule is Cc1nc([C@@H]2CCCN(C(=O)C[C@@H]3CCOc4ccccc43)C2)no1. The molecule has 0 bridgehead atoms. The summed E-state index contributed by atoms with van der Waals surface area (Å²) in [6.45, 7) is 3.98. The number of rotatable bonds is 3. The summed E-state index contributed by atoms with van der Waals surface area (Å²) in [6, 6.07) is 8.06. The van der Waals surface area contributed by atoms with Crippen molar-refractivity contribution in [3.8, 4) is 5.75 Å². The zero-order valence-electron chi connectivity index (χ0n) is 14.5. The summed E-state index contributed by atoms with van der Waals surface area (Å²) in [4.78, 5) is 19.2. The fraction of sp³-hybridized carbons (Fsp3) is 0.526. The minimum absolute atomic E-state index is 0.178. The Labute approximate surface area is 147 Å². The summed E-state index contributed by atoms with van der Waals surface area (Å²) >= 11 is 0. The molecule has 2 atom stereocenters. The molecule has 1 aromatic carbocycles. The minimum atomic E-state index is 0.178. The zero-order valence-corrected chi connectivity index (χ0v) is 14.5. The number of para-hydroxylation sites is 1. The number of hydrogen-bond donors (Lipinski definition) is 0. The molecule has 132 valence electrons. The lowest BCUT2D eigenvalue weighted by Crippen LogP contribution is -2.40. The maximum atomic E-state index is 12.9. The molecule has 2 aromatic rings. The molecule has 6 nitrogen and oxygen atoms in total. The second-order valence-electron chi connectivity index (χ2n) is 6.93. The van der Waals surface area contributed by atoms with E-state index >= 15 is 0 Å². The van der Waals surface area contributed by atoms with Gasteiger partial charge in [0.1, 0.15) is 5.75 Å². The van der Waals surface area contributed by atoms with Gasteiger partial charge in [-0.15, -0.1) is 0 Å². The van der Waals surface area contributed by atoms with Crippen LogP contribution in [0.15, 0.2) is 28.8 Å². The van der Waals surface area contributed by atoms with Crippen LogP contribution in [0, 0.1) is 6.92 Å². The Morgan fingerprint density at radius 3 is 3.04 bits per heavy atom. The van der Waals surface area contributed by atoms with Crippen LogP contribution >= 0.6 is 0 Å². The van der Waals surface area contributed by atoms with Crippen molar-refractivity contribution in [1.82, 2.24) is 15.0 Å². The van der Waals surface area contributed by atoms with Gasteiger partial charge in [0.25, 0.3) is 0 Å². The molecule has 1 aromatic heterocycles. The lowest BCUT2D eigenvalue weighted by atomic mass is 9.89. The van der Waals surface area contributed by atoms with Crippen LogP contribution in [0.4, 0.5) is 0 Å². The van der Waals surface area contributed by atoms with Crippen LogP contribution in [-0.4, -0.2) is 40.6 Å². The normalized spacial score (nSPS) is 23.0. The van der Waals surface area contributed by atoms with Gasteiger partial charge in [-0.1, -0.05) is 23.4 Å². The number of nitrogens with zero attached hydrogens (tertiary/aromatic N) is 3. The summed E-state index contributed by atoms with van der Waals surface area (Å²) in [6.07, 6.45) is 3.42. The number of ether oxygens (including phenoxy) is 1. The molecule has 3 heterocycles. The van der Waals surface area contributed by atoms with Gasteiger partial charge < -0.3 is 14.2 Å². The van der Waals surface area contributed by atoms with Gasteiger partial charge in [0, 0.05) is 32.4 Å². The first-order chi connectivity index (χ1) is 12.2. The maximum Gasteiger partial charge on any atom is 0.223 e. The monoisotopic (exact) mass is 341 g/mol. The Balaban J connectivity index is 1.43. The van der Waals surface area contributed by atoms with Crippen LogP contribution in [0.5, 0.6) is 5.75 Å². The smallest absolute Gasteiger partial charge is 0.223 e. The second-order valence-corrected chi connectivity index (χ2v) is 6.93. The number of carbonyl (C=O) groups is 1. The number of benzene rings is 1. The summed E-state index contributed by atoms with van der Waals surface area (Å²) in [5.41, 5.74) is 1.16. The number of aromatic nitrogens is 2. The quantitative estimate of drug-likeness (QED) is 0.858. The van der Waals surface area contributed by atoms with Crippen molar-refractivity contribution in [3.05, 3.63) is 41.5 Å². The van der Waals surface area contributed by atoms with Crippen molar-refractivity contribution in [2.24, 2.45) is 0 Å². The topological polar surface area (TPSA) is 68.5 Å². The van der Waals surface area contributed by atoms with Crippen LogP contribution in [0.25, 0.3) is 0 Å². The molecule has 0 N–H and O–H groups in total. The molecule has 4 rings (SSSR count). The van der Waals surface area contributed by atoms with Crippen LogP contribution in [-0.2, 0) is 4.79 Å². The third-order valence-corrected chi connectivity index (χ3v) is 5.19. The number of carbonyl (C=O) groups excluding carboxylic acids is 1. The first kappa shape index (κ1) is 16.1. The lowest BCUT2D eigenvalue weighted by Gasteiger charge is -2.33. The first-order valence-corrected chi connectivity index (χ1v) is 9.00. The van der Waals surface area contributed by atoms with Crippen LogP contribution in [0.2, 0.25) is 0 Å². The van der Waals surface area contributed by atoms with E-state index in [2.05, 4.69) is 16.2 Å². The molecule has 1 amide bonds. The van der Waals surface area contributed by atoms with E-state index in [4.69, 9.17) is 9.26 Å². The molecule has 6 heteroatoms. The second kappa shape index (κ2) is 6.86. The highest BCUT2D eigenvalue weighted by atomic mass is 16.5. The molecule has 0 radical (unpaired) electrons. The van der Waals surface area contributed by atoms with E-state index in [0.29, 0.717) is 25.5 Å². The molecule has 25 heavy (non-hydrogen) atoms. The van der Waals surface area contributed by atoms with Crippen molar-refractivity contribution >= 4 is 5.91 Å². The van der Waals surface area contributed by atoms with E-state index in [0.717, 1.165) is 42.9 Å². The van der Waals surface area contributed by atoms with Gasteiger partial charge in [0.2, 0.25) is 11.8 Å². The fourth-order valence-corrected chi connectivity index (χ4v) is 3.86. The largest absolute Gasteiger partial charge is 0.493 e. The van der Waals surface area contributed by atoms with Gasteiger partial charge in [-0.25, -0.2) is 0 Å². The van der Waals surface area contributed by atoms with Crippen molar-refractivity contribution in [1.29, 1.82) is 0 Å². The van der Waals surface area contributed by atoms with Crippen LogP contribution in [0.3, 0.4) is 0 Å². The Morgan fingerprint density at radius 2 is 2.20 bits per heavy atom. The highest BCUT2D eigenvalue weighted by Crippen LogP contribution is 2.36.